The van der Waals surface area contributed by atoms with Gasteiger partial charge in [0.25, 0.3) is 0 Å². The van der Waals surface area contributed by atoms with E-state index < -0.39 is 0 Å². The van der Waals surface area contributed by atoms with Crippen LogP contribution in [-0.2, 0) is 23.0 Å². The van der Waals surface area contributed by atoms with Gasteiger partial charge in [0, 0.05) is 24.1 Å². The molecule has 0 saturated carbocycles. The van der Waals surface area contributed by atoms with E-state index in [2.05, 4.69) is 36.0 Å². The van der Waals surface area contributed by atoms with Crippen molar-refractivity contribution in [3.63, 3.8) is 0 Å². The first-order chi connectivity index (χ1) is 9.17. The Morgan fingerprint density at radius 1 is 1.42 bits per heavy atom. The van der Waals surface area contributed by atoms with E-state index in [1.54, 1.807) is 11.8 Å². The molecule has 0 aliphatic heterocycles. The Labute approximate surface area is 117 Å². The first-order valence-electron chi connectivity index (χ1n) is 6.31. The van der Waals surface area contributed by atoms with Crippen LogP contribution in [0.5, 0.6) is 0 Å². The molecule has 1 aromatic carbocycles. The molecule has 0 saturated heterocycles. The predicted molar refractivity (Wildman–Crippen MR) is 80.6 cm³/mol. The Morgan fingerprint density at radius 3 is 2.84 bits per heavy atom. The van der Waals surface area contributed by atoms with Crippen molar-refractivity contribution in [1.82, 2.24) is 4.57 Å². The summed E-state index contributed by atoms with van der Waals surface area (Å²) < 4.78 is 6.96. The quantitative estimate of drug-likeness (QED) is 0.787. The number of benzene rings is 1. The van der Waals surface area contributed by atoms with Gasteiger partial charge in [-0.3, -0.25) is 4.79 Å². The number of ether oxygens (including phenoxy) is 1. The van der Waals surface area contributed by atoms with Crippen LogP contribution in [0.1, 0.15) is 12.0 Å². The van der Waals surface area contributed by atoms with Crippen molar-refractivity contribution in [3.05, 3.63) is 36.0 Å². The second-order valence-corrected chi connectivity index (χ2v) is 5.61. The number of fused-ring (bicyclic) bond motifs is 1. The lowest BCUT2D eigenvalue weighted by Crippen LogP contribution is -2.19. The molecule has 1 atom stereocenters. The lowest BCUT2D eigenvalue weighted by molar-refractivity contribution is -0.140. The number of esters is 1. The van der Waals surface area contributed by atoms with Gasteiger partial charge in [0.2, 0.25) is 0 Å². The summed E-state index contributed by atoms with van der Waals surface area (Å²) in [5.41, 5.74) is 2.53. The van der Waals surface area contributed by atoms with Crippen molar-refractivity contribution in [2.75, 3.05) is 13.4 Å². The summed E-state index contributed by atoms with van der Waals surface area (Å²) in [4.78, 5) is 11.6. The second-order valence-electron chi connectivity index (χ2n) is 4.57. The highest BCUT2D eigenvalue weighted by molar-refractivity contribution is 7.99. The van der Waals surface area contributed by atoms with Gasteiger partial charge in [-0.25, -0.2) is 0 Å². The highest BCUT2D eigenvalue weighted by Crippen LogP contribution is 2.23. The first-order valence-corrected chi connectivity index (χ1v) is 7.59. The highest BCUT2D eigenvalue weighted by atomic mass is 32.2. The molecule has 0 bridgehead atoms. The van der Waals surface area contributed by atoms with Gasteiger partial charge in [-0.1, -0.05) is 18.2 Å². The third kappa shape index (κ3) is 2.95. The van der Waals surface area contributed by atoms with E-state index in [0.717, 1.165) is 12.8 Å². The van der Waals surface area contributed by atoms with Gasteiger partial charge in [-0.2, -0.15) is 11.8 Å². The Bertz CT molecular complexity index is 577. The molecule has 0 aliphatic carbocycles. The van der Waals surface area contributed by atoms with E-state index in [1.165, 1.54) is 23.6 Å². The first kappa shape index (κ1) is 14.0. The number of aromatic nitrogens is 1. The molecule has 1 heterocycles. The minimum atomic E-state index is -0.132. The van der Waals surface area contributed by atoms with E-state index in [4.69, 9.17) is 4.74 Å². The standard InChI is InChI=1S/C15H19NO2S/c1-16-10-11(12-6-4-5-7-13(12)16)8-9-14(19-3)15(17)18-2/h4-7,10,14H,8-9H2,1-3H3. The highest BCUT2D eigenvalue weighted by Gasteiger charge is 2.18. The molecule has 0 spiro atoms. The number of rotatable bonds is 5. The topological polar surface area (TPSA) is 31.2 Å². The van der Waals surface area contributed by atoms with Crippen LogP contribution < -0.4 is 0 Å². The monoisotopic (exact) mass is 277 g/mol. The van der Waals surface area contributed by atoms with Gasteiger partial charge >= 0.3 is 5.97 Å². The summed E-state index contributed by atoms with van der Waals surface area (Å²) in [5.74, 6) is -0.132. The molecule has 1 unspecified atom stereocenters. The fourth-order valence-corrected chi connectivity index (χ4v) is 3.02. The maximum absolute atomic E-state index is 11.6. The molecule has 4 heteroatoms. The molecule has 0 fully saturated rings. The van der Waals surface area contributed by atoms with Crippen molar-refractivity contribution in [1.29, 1.82) is 0 Å². The molecule has 19 heavy (non-hydrogen) atoms. The smallest absolute Gasteiger partial charge is 0.318 e. The minimum Gasteiger partial charge on any atom is -0.468 e. The van der Waals surface area contributed by atoms with Crippen molar-refractivity contribution in [3.8, 4) is 0 Å². The normalized spacial score (nSPS) is 12.6. The molecule has 102 valence electrons. The van der Waals surface area contributed by atoms with Crippen LogP contribution in [0, 0.1) is 0 Å². The molecule has 3 nitrogen and oxygen atoms in total. The molecule has 2 aromatic rings. The van der Waals surface area contributed by atoms with Gasteiger partial charge in [-0.05, 0) is 30.7 Å². The van der Waals surface area contributed by atoms with Crippen molar-refractivity contribution in [2.24, 2.45) is 7.05 Å². The van der Waals surface area contributed by atoms with Crippen LogP contribution in [0.4, 0.5) is 0 Å². The van der Waals surface area contributed by atoms with E-state index in [9.17, 15) is 4.79 Å². The second kappa shape index (κ2) is 6.15. The average Bonchev–Trinajstić information content (AvgIpc) is 2.76. The fourth-order valence-electron chi connectivity index (χ4n) is 2.37. The summed E-state index contributed by atoms with van der Waals surface area (Å²) in [7, 11) is 3.50. The number of hydrogen-bond donors (Lipinski definition) is 0. The summed E-state index contributed by atoms with van der Waals surface area (Å²) in [6.07, 6.45) is 5.80. The molecule has 2 rings (SSSR count). The van der Waals surface area contributed by atoms with Crippen LogP contribution in [0.15, 0.2) is 30.5 Å². The Kier molecular flexibility index (Phi) is 4.53. The van der Waals surface area contributed by atoms with E-state index in [1.807, 2.05) is 12.3 Å². The number of nitrogens with zero attached hydrogens (tertiary/aromatic N) is 1. The lowest BCUT2D eigenvalue weighted by Gasteiger charge is -2.11. The SMILES string of the molecule is COC(=O)C(CCc1cn(C)c2ccccc12)SC. The lowest BCUT2D eigenvalue weighted by atomic mass is 10.1. The van der Waals surface area contributed by atoms with Crippen LogP contribution in [-0.4, -0.2) is 29.2 Å². The van der Waals surface area contributed by atoms with Gasteiger partial charge in [-0.15, -0.1) is 0 Å². The molecular weight excluding hydrogens is 258 g/mol. The molecular formula is C15H19NO2S. The molecule has 0 N–H and O–H groups in total. The average molecular weight is 277 g/mol. The maximum Gasteiger partial charge on any atom is 0.318 e. The van der Waals surface area contributed by atoms with Crippen molar-refractivity contribution >= 4 is 28.6 Å². The summed E-state index contributed by atoms with van der Waals surface area (Å²) in [6, 6.07) is 8.35. The maximum atomic E-state index is 11.6. The zero-order valence-electron chi connectivity index (χ0n) is 11.6. The van der Waals surface area contributed by atoms with Gasteiger partial charge in [0.1, 0.15) is 5.25 Å². The number of carbonyl (C=O) groups is 1. The van der Waals surface area contributed by atoms with Gasteiger partial charge < -0.3 is 9.30 Å². The summed E-state index contributed by atoms with van der Waals surface area (Å²) in [5, 5.41) is 1.19. The third-order valence-corrected chi connectivity index (χ3v) is 4.40. The largest absolute Gasteiger partial charge is 0.468 e. The predicted octanol–water partition coefficient (Wildman–Crippen LogP) is 3.02. The Balaban J connectivity index is 2.15. The minimum absolute atomic E-state index is 0.0797. The summed E-state index contributed by atoms with van der Waals surface area (Å²) in [6.45, 7) is 0. The summed E-state index contributed by atoms with van der Waals surface area (Å²) >= 11 is 1.55. The Morgan fingerprint density at radius 2 is 2.16 bits per heavy atom. The van der Waals surface area contributed by atoms with Crippen LogP contribution >= 0.6 is 11.8 Å². The number of aryl methyl sites for hydroxylation is 2. The Hall–Kier alpha value is -1.42. The number of methoxy groups -OCH3 is 1. The van der Waals surface area contributed by atoms with E-state index in [-0.39, 0.29) is 11.2 Å². The van der Waals surface area contributed by atoms with Crippen molar-refractivity contribution < 1.29 is 9.53 Å². The van der Waals surface area contributed by atoms with Crippen LogP contribution in [0.25, 0.3) is 10.9 Å². The number of para-hydroxylation sites is 1. The zero-order valence-corrected chi connectivity index (χ0v) is 12.4. The molecule has 0 amide bonds. The fraction of sp³-hybridized carbons (Fsp3) is 0.400. The van der Waals surface area contributed by atoms with E-state index in [0.29, 0.717) is 0 Å². The van der Waals surface area contributed by atoms with Crippen LogP contribution in [0.2, 0.25) is 0 Å². The van der Waals surface area contributed by atoms with Gasteiger partial charge in [0.15, 0.2) is 0 Å². The van der Waals surface area contributed by atoms with E-state index >= 15 is 0 Å². The van der Waals surface area contributed by atoms with Crippen LogP contribution in [0.3, 0.4) is 0 Å². The molecule has 0 radical (unpaired) electrons. The number of thioether (sulfide) groups is 1. The number of hydrogen-bond acceptors (Lipinski definition) is 3. The molecule has 0 aliphatic rings. The van der Waals surface area contributed by atoms with Crippen molar-refractivity contribution in [2.45, 2.75) is 18.1 Å². The zero-order chi connectivity index (χ0) is 13.8. The van der Waals surface area contributed by atoms with Gasteiger partial charge in [0.05, 0.1) is 7.11 Å². The molecule has 1 aromatic heterocycles. The third-order valence-electron chi connectivity index (χ3n) is 3.40. The number of carbonyl (C=O) groups excluding carboxylic acids is 1.